The van der Waals surface area contributed by atoms with Gasteiger partial charge in [-0.25, -0.2) is 0 Å². The maximum atomic E-state index is 6.19. The van der Waals surface area contributed by atoms with Crippen LogP contribution in [0.4, 0.5) is 0 Å². The minimum atomic E-state index is 0.434. The quantitative estimate of drug-likeness (QED) is 0.839. The van der Waals surface area contributed by atoms with E-state index < -0.39 is 0 Å². The Balaban J connectivity index is 1.68. The standard InChI is InChI=1S/C17H34N2O/c1-13(2)18-10-15-6-7-16(20-15)12-19-9-8-14(11-19)17(3,4)5/h13-16,18H,6-12H2,1-5H3. The van der Waals surface area contributed by atoms with Crippen molar-refractivity contribution in [3.05, 3.63) is 0 Å². The Morgan fingerprint density at radius 3 is 2.45 bits per heavy atom. The molecule has 0 aromatic heterocycles. The number of nitrogens with zero attached hydrogens (tertiary/aromatic N) is 1. The van der Waals surface area contributed by atoms with Crippen LogP contribution in [0, 0.1) is 11.3 Å². The number of ether oxygens (including phenoxy) is 1. The van der Waals surface area contributed by atoms with Crippen molar-refractivity contribution in [2.75, 3.05) is 26.2 Å². The van der Waals surface area contributed by atoms with Crippen LogP contribution in [-0.2, 0) is 4.74 Å². The van der Waals surface area contributed by atoms with E-state index in [1.807, 2.05) is 0 Å². The summed E-state index contributed by atoms with van der Waals surface area (Å²) in [5.74, 6) is 0.849. The molecule has 0 bridgehead atoms. The molecule has 3 nitrogen and oxygen atoms in total. The first-order valence-corrected chi connectivity index (χ1v) is 8.46. The highest BCUT2D eigenvalue weighted by Gasteiger charge is 2.34. The van der Waals surface area contributed by atoms with E-state index in [0.717, 1.165) is 19.0 Å². The second-order valence-electron chi connectivity index (χ2n) is 8.13. The monoisotopic (exact) mass is 282 g/mol. The molecule has 118 valence electrons. The van der Waals surface area contributed by atoms with E-state index in [0.29, 0.717) is 23.7 Å². The van der Waals surface area contributed by atoms with Crippen molar-refractivity contribution < 1.29 is 4.74 Å². The number of likely N-dealkylation sites (tertiary alicyclic amines) is 1. The highest BCUT2D eigenvalue weighted by Crippen LogP contribution is 2.34. The molecule has 2 heterocycles. The van der Waals surface area contributed by atoms with Gasteiger partial charge in [0.25, 0.3) is 0 Å². The minimum Gasteiger partial charge on any atom is -0.372 e. The van der Waals surface area contributed by atoms with Crippen molar-refractivity contribution in [3.8, 4) is 0 Å². The van der Waals surface area contributed by atoms with Crippen molar-refractivity contribution in [3.63, 3.8) is 0 Å². The molecule has 0 saturated carbocycles. The van der Waals surface area contributed by atoms with Gasteiger partial charge in [0.2, 0.25) is 0 Å². The predicted molar refractivity (Wildman–Crippen MR) is 85.0 cm³/mol. The zero-order chi connectivity index (χ0) is 14.8. The number of rotatable bonds is 5. The van der Waals surface area contributed by atoms with E-state index >= 15 is 0 Å². The van der Waals surface area contributed by atoms with Gasteiger partial charge in [0, 0.05) is 25.7 Å². The van der Waals surface area contributed by atoms with Crippen molar-refractivity contribution in [2.45, 2.75) is 72.1 Å². The molecular formula is C17H34N2O. The fourth-order valence-corrected chi connectivity index (χ4v) is 3.43. The molecular weight excluding hydrogens is 248 g/mol. The molecule has 2 rings (SSSR count). The first kappa shape index (κ1) is 16.3. The Labute approximate surface area is 125 Å². The van der Waals surface area contributed by atoms with Gasteiger partial charge in [0.15, 0.2) is 0 Å². The summed E-state index contributed by atoms with van der Waals surface area (Å²) in [5, 5.41) is 3.49. The topological polar surface area (TPSA) is 24.5 Å². The molecule has 2 saturated heterocycles. The summed E-state index contributed by atoms with van der Waals surface area (Å²) in [4.78, 5) is 2.62. The van der Waals surface area contributed by atoms with Crippen molar-refractivity contribution in [1.82, 2.24) is 10.2 Å². The Morgan fingerprint density at radius 1 is 1.15 bits per heavy atom. The third-order valence-electron chi connectivity index (χ3n) is 4.91. The van der Waals surface area contributed by atoms with E-state index in [1.165, 1.54) is 32.4 Å². The summed E-state index contributed by atoms with van der Waals surface area (Å²) in [5.41, 5.74) is 0.453. The summed E-state index contributed by atoms with van der Waals surface area (Å²) >= 11 is 0. The van der Waals surface area contributed by atoms with Crippen LogP contribution in [0.15, 0.2) is 0 Å². The second kappa shape index (κ2) is 6.76. The maximum absolute atomic E-state index is 6.19. The normalized spacial score (nSPS) is 32.4. The lowest BCUT2D eigenvalue weighted by Gasteiger charge is -2.27. The molecule has 1 N–H and O–H groups in total. The summed E-state index contributed by atoms with van der Waals surface area (Å²) in [7, 11) is 0. The summed E-state index contributed by atoms with van der Waals surface area (Å²) in [6, 6.07) is 0.559. The van der Waals surface area contributed by atoms with Gasteiger partial charge in [-0.1, -0.05) is 34.6 Å². The number of hydrogen-bond acceptors (Lipinski definition) is 3. The van der Waals surface area contributed by atoms with Crippen LogP contribution in [-0.4, -0.2) is 49.3 Å². The van der Waals surface area contributed by atoms with Gasteiger partial charge in [0.1, 0.15) is 0 Å². The van der Waals surface area contributed by atoms with E-state index in [1.54, 1.807) is 0 Å². The smallest absolute Gasteiger partial charge is 0.0707 e. The lowest BCUT2D eigenvalue weighted by atomic mass is 9.80. The van der Waals surface area contributed by atoms with Crippen molar-refractivity contribution >= 4 is 0 Å². The van der Waals surface area contributed by atoms with Crippen LogP contribution in [0.2, 0.25) is 0 Å². The summed E-state index contributed by atoms with van der Waals surface area (Å²) in [6.45, 7) is 16.2. The first-order chi connectivity index (χ1) is 9.34. The van der Waals surface area contributed by atoms with Crippen LogP contribution in [0.25, 0.3) is 0 Å². The Bertz CT molecular complexity index is 298. The van der Waals surface area contributed by atoms with E-state index in [4.69, 9.17) is 4.74 Å². The molecule has 2 aliphatic heterocycles. The largest absolute Gasteiger partial charge is 0.372 e. The van der Waals surface area contributed by atoms with Crippen LogP contribution in [0.1, 0.15) is 53.9 Å². The van der Waals surface area contributed by atoms with E-state index in [-0.39, 0.29) is 0 Å². The highest BCUT2D eigenvalue weighted by molar-refractivity contribution is 4.86. The fourth-order valence-electron chi connectivity index (χ4n) is 3.43. The highest BCUT2D eigenvalue weighted by atomic mass is 16.5. The Morgan fingerprint density at radius 2 is 1.85 bits per heavy atom. The average Bonchev–Trinajstić information content (AvgIpc) is 2.95. The van der Waals surface area contributed by atoms with Crippen LogP contribution >= 0.6 is 0 Å². The van der Waals surface area contributed by atoms with Gasteiger partial charge in [-0.2, -0.15) is 0 Å². The molecule has 2 fully saturated rings. The van der Waals surface area contributed by atoms with Gasteiger partial charge >= 0.3 is 0 Å². The molecule has 3 unspecified atom stereocenters. The maximum Gasteiger partial charge on any atom is 0.0707 e. The first-order valence-electron chi connectivity index (χ1n) is 8.46. The molecule has 0 spiro atoms. The van der Waals surface area contributed by atoms with Gasteiger partial charge < -0.3 is 15.0 Å². The van der Waals surface area contributed by atoms with Gasteiger partial charge in [-0.15, -0.1) is 0 Å². The molecule has 0 aliphatic carbocycles. The zero-order valence-corrected chi connectivity index (χ0v) is 14.1. The molecule has 3 atom stereocenters. The molecule has 2 aliphatic rings. The number of hydrogen-bond donors (Lipinski definition) is 1. The predicted octanol–water partition coefficient (Wildman–Crippen LogP) is 2.90. The molecule has 0 aromatic rings. The molecule has 3 heteroatoms. The average molecular weight is 282 g/mol. The van der Waals surface area contributed by atoms with Crippen LogP contribution in [0.5, 0.6) is 0 Å². The third kappa shape index (κ3) is 4.71. The lowest BCUT2D eigenvalue weighted by Crippen LogP contribution is -2.35. The van der Waals surface area contributed by atoms with Crippen LogP contribution in [0.3, 0.4) is 0 Å². The second-order valence-corrected chi connectivity index (χ2v) is 8.13. The SMILES string of the molecule is CC(C)NCC1CCC(CN2CCC(C(C)(C)C)C2)O1. The van der Waals surface area contributed by atoms with Gasteiger partial charge in [0.05, 0.1) is 12.2 Å². The van der Waals surface area contributed by atoms with E-state index in [2.05, 4.69) is 44.8 Å². The van der Waals surface area contributed by atoms with Crippen molar-refractivity contribution in [1.29, 1.82) is 0 Å². The van der Waals surface area contributed by atoms with Gasteiger partial charge in [-0.3, -0.25) is 0 Å². The number of nitrogens with one attached hydrogen (secondary N) is 1. The molecule has 0 amide bonds. The lowest BCUT2D eigenvalue weighted by molar-refractivity contribution is 0.0252. The summed E-state index contributed by atoms with van der Waals surface area (Å²) < 4.78 is 6.19. The zero-order valence-electron chi connectivity index (χ0n) is 14.1. The minimum absolute atomic E-state index is 0.434. The fraction of sp³-hybridized carbons (Fsp3) is 1.00. The summed E-state index contributed by atoms with van der Waals surface area (Å²) in [6.07, 6.45) is 4.72. The van der Waals surface area contributed by atoms with Crippen LogP contribution < -0.4 is 5.32 Å². The Hall–Kier alpha value is -0.120. The molecule has 0 aromatic carbocycles. The van der Waals surface area contributed by atoms with E-state index in [9.17, 15) is 0 Å². The van der Waals surface area contributed by atoms with Gasteiger partial charge in [-0.05, 0) is 37.1 Å². The molecule has 20 heavy (non-hydrogen) atoms. The van der Waals surface area contributed by atoms with Crippen molar-refractivity contribution in [2.24, 2.45) is 11.3 Å². The Kier molecular flexibility index (Phi) is 5.49. The third-order valence-corrected chi connectivity index (χ3v) is 4.91. The molecule has 0 radical (unpaired) electrons.